The minimum absolute atomic E-state index is 0.0109. The second-order valence-electron chi connectivity index (χ2n) is 15.3. The number of carboxylic acid groups (broad SMARTS) is 1. The van der Waals surface area contributed by atoms with Gasteiger partial charge >= 0.3 is 12.0 Å². The number of carbonyl (C=O) groups excluding carboxylic acids is 4. The van der Waals surface area contributed by atoms with Gasteiger partial charge in [-0.15, -0.1) is 0 Å². The lowest BCUT2D eigenvalue weighted by atomic mass is 10.1. The van der Waals surface area contributed by atoms with E-state index < -0.39 is 23.5 Å². The Morgan fingerprint density at radius 3 is 2.19 bits per heavy atom. The van der Waals surface area contributed by atoms with Crippen molar-refractivity contribution in [3.8, 4) is 0 Å². The number of carbonyl (C=O) groups is 5. The third kappa shape index (κ3) is 22.9. The monoisotopic (exact) mass is 893 g/mol. The van der Waals surface area contributed by atoms with E-state index in [2.05, 4.69) is 65.6 Å². The number of rotatable bonds is 35. The molecule has 3 aromatic rings. The number of amides is 4. The normalized spacial score (nSPS) is 11.6. The van der Waals surface area contributed by atoms with Crippen molar-refractivity contribution in [2.75, 3.05) is 57.1 Å². The lowest BCUT2D eigenvalue weighted by Crippen LogP contribution is -2.41. The van der Waals surface area contributed by atoms with Crippen molar-refractivity contribution in [2.45, 2.75) is 122 Å². The van der Waals surface area contributed by atoms with Crippen LogP contribution in [0.15, 0.2) is 47.4 Å². The van der Waals surface area contributed by atoms with Crippen LogP contribution in [0.3, 0.4) is 0 Å². The summed E-state index contributed by atoms with van der Waals surface area (Å²) >= 11 is 0. The number of fused-ring (bicyclic) bond motifs is 1. The number of H-pyrrole nitrogens is 1. The number of nitrogens with two attached hydrogens (primary N) is 1. The van der Waals surface area contributed by atoms with Crippen LogP contribution in [0.25, 0.3) is 11.2 Å². The Balaban J connectivity index is 1.12. The van der Waals surface area contributed by atoms with Gasteiger partial charge in [0.05, 0.1) is 38.3 Å². The number of aromatic nitrogens is 4. The molecule has 0 saturated carbocycles. The lowest BCUT2D eigenvalue weighted by Gasteiger charge is -2.14. The molecule has 0 aliphatic carbocycles. The van der Waals surface area contributed by atoms with Crippen LogP contribution >= 0.6 is 0 Å². The number of Topliss-reactive ketones (excluding diaryl/α,β-unsaturated/α-hetero) is 1. The first kappa shape index (κ1) is 52.4. The van der Waals surface area contributed by atoms with Crippen LogP contribution in [0.5, 0.6) is 0 Å². The van der Waals surface area contributed by atoms with Gasteiger partial charge in [-0.2, -0.15) is 4.98 Å². The van der Waals surface area contributed by atoms with Crippen molar-refractivity contribution in [2.24, 2.45) is 0 Å². The molecule has 0 spiro atoms. The number of urea groups is 1. The van der Waals surface area contributed by atoms with Crippen molar-refractivity contribution >= 4 is 52.4 Å². The Kier molecular flexibility index (Phi) is 26.1. The largest absolute Gasteiger partial charge is 0.480 e. The quantitative estimate of drug-likeness (QED) is 0.0287. The van der Waals surface area contributed by atoms with Crippen LogP contribution in [0.1, 0.15) is 126 Å². The average Bonchev–Trinajstić information content (AvgIpc) is 3.28. The molecule has 19 heteroatoms. The third-order valence-electron chi connectivity index (χ3n) is 9.95. The molecule has 4 amide bonds. The number of hydrogen-bond acceptors (Lipinski definition) is 13. The van der Waals surface area contributed by atoms with Crippen LogP contribution in [-0.4, -0.2) is 107 Å². The molecule has 64 heavy (non-hydrogen) atoms. The molecular weight excluding hydrogens is 825 g/mol. The zero-order chi connectivity index (χ0) is 46.2. The summed E-state index contributed by atoms with van der Waals surface area (Å²) in [4.78, 5) is 87.7. The number of benzene rings is 1. The van der Waals surface area contributed by atoms with E-state index in [0.29, 0.717) is 63.7 Å². The van der Waals surface area contributed by atoms with Gasteiger partial charge in [0.15, 0.2) is 11.2 Å². The Bertz CT molecular complexity index is 1960. The highest BCUT2D eigenvalue weighted by Crippen LogP contribution is 2.13. The van der Waals surface area contributed by atoms with Gasteiger partial charge in [-0.3, -0.25) is 24.2 Å². The lowest BCUT2D eigenvalue weighted by molar-refractivity contribution is -0.139. The second kappa shape index (κ2) is 31.8. The van der Waals surface area contributed by atoms with Crippen molar-refractivity contribution < 1.29 is 38.6 Å². The molecule has 0 radical (unpaired) electrons. The summed E-state index contributed by atoms with van der Waals surface area (Å²) in [5.41, 5.74) is 6.58. The Morgan fingerprint density at radius 1 is 0.781 bits per heavy atom. The van der Waals surface area contributed by atoms with Crippen molar-refractivity contribution in [1.82, 2.24) is 41.2 Å². The zero-order valence-electron chi connectivity index (χ0n) is 37.2. The molecule has 0 fully saturated rings. The first-order valence-corrected chi connectivity index (χ1v) is 22.5. The summed E-state index contributed by atoms with van der Waals surface area (Å²) in [5.74, 6) is -2.00. The van der Waals surface area contributed by atoms with Crippen molar-refractivity contribution in [3.05, 3.63) is 64.2 Å². The van der Waals surface area contributed by atoms with Gasteiger partial charge in [0.2, 0.25) is 11.9 Å². The van der Waals surface area contributed by atoms with Crippen LogP contribution in [-0.2, 0) is 30.4 Å². The number of ketones is 1. The molecule has 3 rings (SSSR count). The first-order valence-electron chi connectivity index (χ1n) is 22.5. The highest BCUT2D eigenvalue weighted by molar-refractivity contribution is 5.97. The maximum Gasteiger partial charge on any atom is 0.326 e. The standard InChI is InChI=1S/C45H68N10O9/c1-2-3-13-24-48-45(62)49-25-14-11-9-7-5-4-6-8-10-12-17-38(57)47-26-28-64-30-29-63-27-15-16-36(56)22-23-37(43(60)61)53-41(58)33-18-20-34(21-19-33)50-31-35-32-51-40-39(52-35)42(59)55-44(46)54-40/h5,7,18-21,32,37,50H,2-4,6,8-17,22-31H2,1H3,(H,47,57)(H,53,58)(H,60,61)(H2,48,49,62)(H3,46,51,54,55,59)/b7-5-/t37-/m0/s1. The average molecular weight is 893 g/mol. The van der Waals surface area contributed by atoms with Gasteiger partial charge in [0.25, 0.3) is 11.5 Å². The highest BCUT2D eigenvalue weighted by atomic mass is 16.5. The van der Waals surface area contributed by atoms with Crippen molar-refractivity contribution in [1.29, 1.82) is 0 Å². The molecule has 0 unspecified atom stereocenters. The van der Waals surface area contributed by atoms with Crippen LogP contribution in [0.4, 0.5) is 16.4 Å². The Morgan fingerprint density at radius 2 is 1.47 bits per heavy atom. The molecule has 2 heterocycles. The van der Waals surface area contributed by atoms with Crippen LogP contribution in [0, 0.1) is 0 Å². The number of aliphatic carboxylic acids is 1. The number of hydrogen-bond donors (Lipinski definition) is 8. The van der Waals surface area contributed by atoms with Gasteiger partial charge in [-0.25, -0.2) is 19.6 Å². The zero-order valence-corrected chi connectivity index (χ0v) is 37.2. The molecule has 352 valence electrons. The van der Waals surface area contributed by atoms with E-state index in [1.165, 1.54) is 18.3 Å². The van der Waals surface area contributed by atoms with Gasteiger partial charge in [0, 0.05) is 56.8 Å². The SMILES string of the molecule is CCCCCNC(=O)NCCCC/C=C\CCCCCCC(=O)NCCOCCOCCCC(=O)CC[C@H](NC(=O)c1ccc(NCc2cnc3nc(N)[nH]c(=O)c3n2)cc1)C(=O)O. The molecule has 19 nitrogen and oxygen atoms in total. The number of nitrogens with zero attached hydrogens (tertiary/aromatic N) is 3. The molecule has 0 aliphatic rings. The van der Waals surface area contributed by atoms with E-state index in [1.54, 1.807) is 12.1 Å². The smallest absolute Gasteiger partial charge is 0.326 e. The number of carboxylic acids is 1. The van der Waals surface area contributed by atoms with E-state index in [0.717, 1.165) is 77.2 Å². The van der Waals surface area contributed by atoms with Gasteiger partial charge in [-0.1, -0.05) is 44.8 Å². The van der Waals surface area contributed by atoms with Gasteiger partial charge in [-0.05, 0) is 82.1 Å². The number of nitrogen functional groups attached to an aromatic ring is 1. The fraction of sp³-hybridized carbons (Fsp3) is 0.578. The number of nitrogens with one attached hydrogen (secondary N) is 6. The topological polar surface area (TPSA) is 282 Å². The molecular formula is C45H68N10O9. The predicted octanol–water partition coefficient (Wildman–Crippen LogP) is 4.93. The van der Waals surface area contributed by atoms with Gasteiger partial charge in [0.1, 0.15) is 11.8 Å². The van der Waals surface area contributed by atoms with E-state index in [4.69, 9.17) is 15.2 Å². The van der Waals surface area contributed by atoms with Gasteiger partial charge < -0.3 is 46.9 Å². The Labute approximate surface area is 374 Å². The number of allylic oxidation sites excluding steroid dienone is 2. The van der Waals surface area contributed by atoms with E-state index in [9.17, 15) is 33.9 Å². The molecule has 1 aromatic carbocycles. The number of unbranched alkanes of at least 4 members (excludes halogenated alkanes) is 8. The predicted molar refractivity (Wildman–Crippen MR) is 245 cm³/mol. The summed E-state index contributed by atoms with van der Waals surface area (Å²) in [6, 6.07) is 5.03. The summed E-state index contributed by atoms with van der Waals surface area (Å²) < 4.78 is 11.0. The maximum absolute atomic E-state index is 12.8. The van der Waals surface area contributed by atoms with Crippen LogP contribution in [0.2, 0.25) is 0 Å². The summed E-state index contributed by atoms with van der Waals surface area (Å²) in [7, 11) is 0. The van der Waals surface area contributed by atoms with Crippen molar-refractivity contribution in [3.63, 3.8) is 0 Å². The second-order valence-corrected chi connectivity index (χ2v) is 15.3. The highest BCUT2D eigenvalue weighted by Gasteiger charge is 2.22. The van der Waals surface area contributed by atoms with E-state index in [-0.39, 0.29) is 66.2 Å². The van der Waals surface area contributed by atoms with Crippen LogP contribution < -0.4 is 37.9 Å². The first-order chi connectivity index (χ1) is 31.0. The third-order valence-corrected chi connectivity index (χ3v) is 9.95. The molecule has 9 N–H and O–H groups in total. The molecule has 2 aromatic heterocycles. The molecule has 0 aliphatic heterocycles. The fourth-order valence-corrected chi connectivity index (χ4v) is 6.33. The maximum atomic E-state index is 12.8. The number of anilines is 2. The molecule has 0 bridgehead atoms. The molecule has 0 saturated heterocycles. The van der Waals surface area contributed by atoms with E-state index in [1.807, 2.05) is 0 Å². The summed E-state index contributed by atoms with van der Waals surface area (Å²) in [6.07, 6.45) is 18.4. The number of ether oxygens (including phenoxy) is 2. The molecule has 1 atom stereocenters. The Hall–Kier alpha value is -5.95. The summed E-state index contributed by atoms with van der Waals surface area (Å²) in [6.45, 7) is 5.63. The summed E-state index contributed by atoms with van der Waals surface area (Å²) in [5, 5.41) is 23.9. The van der Waals surface area contributed by atoms with E-state index >= 15 is 0 Å². The minimum atomic E-state index is -1.24. The number of aromatic amines is 1. The fourth-order valence-electron chi connectivity index (χ4n) is 6.33. The minimum Gasteiger partial charge on any atom is -0.480 e.